The first-order chi connectivity index (χ1) is 16.5. The zero-order chi connectivity index (χ0) is 24.3. The van der Waals surface area contributed by atoms with Crippen molar-refractivity contribution >= 4 is 28.5 Å². The summed E-state index contributed by atoms with van der Waals surface area (Å²) in [6.45, 7) is 7.00. The number of amides is 1. The van der Waals surface area contributed by atoms with Crippen molar-refractivity contribution in [1.82, 2.24) is 10.2 Å². The van der Waals surface area contributed by atoms with Crippen LogP contribution >= 0.6 is 11.3 Å². The number of nitrogens with zero attached hydrogens (tertiary/aromatic N) is 3. The van der Waals surface area contributed by atoms with Gasteiger partial charge in [0.1, 0.15) is 41.4 Å². The molecule has 0 saturated carbocycles. The minimum atomic E-state index is -0.510. The SMILES string of the molecule is CCCCc1nnc(NC(=O)C(C#N)=Cc2ccc(OCCOc3ccc(C)cc3C)cc2)s1. The summed E-state index contributed by atoms with van der Waals surface area (Å²) in [5, 5.41) is 21.4. The van der Waals surface area contributed by atoms with E-state index in [1.54, 1.807) is 24.3 Å². The van der Waals surface area contributed by atoms with Crippen molar-refractivity contribution in [2.45, 2.75) is 40.0 Å². The maximum absolute atomic E-state index is 12.5. The van der Waals surface area contributed by atoms with E-state index in [9.17, 15) is 10.1 Å². The molecule has 0 unspecified atom stereocenters. The number of aromatic nitrogens is 2. The van der Waals surface area contributed by atoms with Gasteiger partial charge in [-0.3, -0.25) is 10.1 Å². The molecule has 1 heterocycles. The van der Waals surface area contributed by atoms with Crippen molar-refractivity contribution in [3.63, 3.8) is 0 Å². The van der Waals surface area contributed by atoms with Gasteiger partial charge in [-0.25, -0.2) is 0 Å². The molecule has 176 valence electrons. The molecule has 0 bridgehead atoms. The Morgan fingerprint density at radius 1 is 1.12 bits per heavy atom. The molecule has 1 amide bonds. The number of aryl methyl sites for hydroxylation is 3. The number of hydrogen-bond acceptors (Lipinski definition) is 7. The highest BCUT2D eigenvalue weighted by molar-refractivity contribution is 7.15. The number of nitriles is 1. The number of carbonyl (C=O) groups excluding carboxylic acids is 1. The van der Waals surface area contributed by atoms with Crippen LogP contribution in [0, 0.1) is 25.2 Å². The molecule has 8 heteroatoms. The first-order valence-electron chi connectivity index (χ1n) is 11.2. The van der Waals surface area contributed by atoms with E-state index in [2.05, 4.69) is 28.5 Å². The normalized spacial score (nSPS) is 11.1. The van der Waals surface area contributed by atoms with Gasteiger partial charge in [0.05, 0.1) is 0 Å². The van der Waals surface area contributed by atoms with E-state index in [0.717, 1.165) is 35.6 Å². The number of unbranched alkanes of at least 4 members (excludes halogenated alkanes) is 1. The molecule has 1 aromatic heterocycles. The maximum Gasteiger partial charge on any atom is 0.268 e. The molecule has 3 rings (SSSR count). The predicted molar refractivity (Wildman–Crippen MR) is 134 cm³/mol. The highest BCUT2D eigenvalue weighted by atomic mass is 32.1. The lowest BCUT2D eigenvalue weighted by molar-refractivity contribution is -0.112. The smallest absolute Gasteiger partial charge is 0.268 e. The molecule has 1 N–H and O–H groups in total. The molecule has 0 atom stereocenters. The van der Waals surface area contributed by atoms with Crippen molar-refractivity contribution in [1.29, 1.82) is 5.26 Å². The molecular formula is C26H28N4O3S. The van der Waals surface area contributed by atoms with Crippen LogP contribution in [-0.2, 0) is 11.2 Å². The van der Waals surface area contributed by atoms with Gasteiger partial charge in [0.25, 0.3) is 5.91 Å². The first-order valence-corrected chi connectivity index (χ1v) is 12.0. The summed E-state index contributed by atoms with van der Waals surface area (Å²) in [6, 6.07) is 15.2. The van der Waals surface area contributed by atoms with E-state index in [-0.39, 0.29) is 5.57 Å². The summed E-state index contributed by atoms with van der Waals surface area (Å²) in [4.78, 5) is 12.5. The Balaban J connectivity index is 1.51. The standard InChI is InChI=1S/C26H28N4O3S/c1-4-5-6-24-29-30-26(34-24)28-25(31)21(17-27)16-20-8-10-22(11-9-20)32-13-14-33-23-12-7-18(2)15-19(23)3/h7-12,15-16H,4-6,13-14H2,1-3H3,(H,28,30,31). The van der Waals surface area contributed by atoms with Gasteiger partial charge in [0.2, 0.25) is 5.13 Å². The van der Waals surface area contributed by atoms with Gasteiger partial charge in [-0.05, 0) is 55.7 Å². The van der Waals surface area contributed by atoms with Crippen LogP contribution in [0.2, 0.25) is 0 Å². The minimum Gasteiger partial charge on any atom is -0.490 e. The Kier molecular flexibility index (Phi) is 9.18. The van der Waals surface area contributed by atoms with E-state index in [0.29, 0.717) is 29.7 Å². The number of nitrogens with one attached hydrogen (secondary N) is 1. The minimum absolute atomic E-state index is 0.0131. The number of hydrogen-bond donors (Lipinski definition) is 1. The summed E-state index contributed by atoms with van der Waals surface area (Å²) < 4.78 is 11.5. The molecule has 0 saturated heterocycles. The number of anilines is 1. The highest BCUT2D eigenvalue weighted by Gasteiger charge is 2.13. The first kappa shape index (κ1) is 24.9. The molecule has 0 aliphatic carbocycles. The van der Waals surface area contributed by atoms with Crippen molar-refractivity contribution in [2.75, 3.05) is 18.5 Å². The molecule has 0 fully saturated rings. The van der Waals surface area contributed by atoms with Gasteiger partial charge in [-0.2, -0.15) is 5.26 Å². The molecule has 7 nitrogen and oxygen atoms in total. The Bertz CT molecular complexity index is 1180. The summed E-state index contributed by atoms with van der Waals surface area (Å²) in [5.74, 6) is 1.02. The average molecular weight is 477 g/mol. The third-order valence-electron chi connectivity index (χ3n) is 4.93. The van der Waals surface area contributed by atoms with Crippen LogP contribution in [0.15, 0.2) is 48.0 Å². The van der Waals surface area contributed by atoms with Gasteiger partial charge in [0.15, 0.2) is 0 Å². The molecule has 0 spiro atoms. The quantitative estimate of drug-likeness (QED) is 0.223. The van der Waals surface area contributed by atoms with Crippen LogP contribution in [0.1, 0.15) is 41.5 Å². The van der Waals surface area contributed by atoms with Crippen LogP contribution in [0.3, 0.4) is 0 Å². The molecular weight excluding hydrogens is 448 g/mol. The Morgan fingerprint density at radius 2 is 1.88 bits per heavy atom. The second kappa shape index (κ2) is 12.5. The fourth-order valence-electron chi connectivity index (χ4n) is 3.15. The van der Waals surface area contributed by atoms with Crippen LogP contribution in [0.5, 0.6) is 11.5 Å². The Morgan fingerprint density at radius 3 is 2.59 bits per heavy atom. The van der Waals surface area contributed by atoms with E-state index in [1.807, 2.05) is 32.0 Å². The van der Waals surface area contributed by atoms with E-state index >= 15 is 0 Å². The summed E-state index contributed by atoms with van der Waals surface area (Å²) in [7, 11) is 0. The average Bonchev–Trinajstić information content (AvgIpc) is 3.28. The molecule has 0 radical (unpaired) electrons. The zero-order valence-electron chi connectivity index (χ0n) is 19.6. The monoisotopic (exact) mass is 476 g/mol. The second-order valence-electron chi connectivity index (χ2n) is 7.76. The molecule has 34 heavy (non-hydrogen) atoms. The summed E-state index contributed by atoms with van der Waals surface area (Å²) in [5.41, 5.74) is 2.99. The molecule has 3 aromatic rings. The second-order valence-corrected chi connectivity index (χ2v) is 8.83. The lowest BCUT2D eigenvalue weighted by atomic mass is 10.1. The summed E-state index contributed by atoms with van der Waals surface area (Å²) >= 11 is 1.33. The van der Waals surface area contributed by atoms with Gasteiger partial charge < -0.3 is 9.47 Å². The van der Waals surface area contributed by atoms with E-state index < -0.39 is 5.91 Å². The highest BCUT2D eigenvalue weighted by Crippen LogP contribution is 2.20. The van der Waals surface area contributed by atoms with Crippen LogP contribution in [0.25, 0.3) is 6.08 Å². The Hall–Kier alpha value is -3.70. The topological polar surface area (TPSA) is 97.1 Å². The largest absolute Gasteiger partial charge is 0.490 e. The molecule has 2 aromatic carbocycles. The van der Waals surface area contributed by atoms with Gasteiger partial charge in [-0.1, -0.05) is 54.5 Å². The number of ether oxygens (including phenoxy) is 2. The van der Waals surface area contributed by atoms with Crippen molar-refractivity contribution in [3.8, 4) is 17.6 Å². The van der Waals surface area contributed by atoms with Crippen molar-refractivity contribution in [3.05, 3.63) is 69.7 Å². The van der Waals surface area contributed by atoms with Crippen LogP contribution in [-0.4, -0.2) is 29.3 Å². The number of rotatable bonds is 11. The lowest BCUT2D eigenvalue weighted by Gasteiger charge is -2.11. The zero-order valence-corrected chi connectivity index (χ0v) is 20.4. The van der Waals surface area contributed by atoms with Crippen molar-refractivity contribution in [2.24, 2.45) is 0 Å². The third-order valence-corrected chi connectivity index (χ3v) is 5.83. The predicted octanol–water partition coefficient (Wildman–Crippen LogP) is 5.50. The van der Waals surface area contributed by atoms with Crippen molar-refractivity contribution < 1.29 is 14.3 Å². The molecule has 0 aliphatic heterocycles. The van der Waals surface area contributed by atoms with Gasteiger partial charge in [0, 0.05) is 6.42 Å². The number of carbonyl (C=O) groups is 1. The van der Waals surface area contributed by atoms with Gasteiger partial charge in [-0.15, -0.1) is 10.2 Å². The number of benzene rings is 2. The van der Waals surface area contributed by atoms with E-state index in [1.165, 1.54) is 23.0 Å². The van der Waals surface area contributed by atoms with Gasteiger partial charge >= 0.3 is 0 Å². The summed E-state index contributed by atoms with van der Waals surface area (Å²) in [6.07, 6.45) is 4.44. The lowest BCUT2D eigenvalue weighted by Crippen LogP contribution is -2.13. The fraction of sp³-hybridized carbons (Fsp3) is 0.308. The van der Waals surface area contributed by atoms with Crippen LogP contribution in [0.4, 0.5) is 5.13 Å². The Labute approximate surface area is 204 Å². The van der Waals surface area contributed by atoms with E-state index in [4.69, 9.17) is 9.47 Å². The van der Waals surface area contributed by atoms with Crippen LogP contribution < -0.4 is 14.8 Å². The maximum atomic E-state index is 12.5. The molecule has 0 aliphatic rings. The third kappa shape index (κ3) is 7.42. The fourth-order valence-corrected chi connectivity index (χ4v) is 3.92.